The molecule has 6 nitrogen and oxygen atoms in total. The molecule has 0 atom stereocenters. The van der Waals surface area contributed by atoms with Gasteiger partial charge in [-0.1, -0.05) is 34.9 Å². The molecule has 0 aromatic heterocycles. The van der Waals surface area contributed by atoms with Crippen LogP contribution in [0.3, 0.4) is 0 Å². The number of aliphatic imine (C=N–C) groups is 5. The monoisotopic (exact) mass is 660 g/mol. The number of allylic oxidation sites excluding steroid dienone is 11. The first-order valence-corrected chi connectivity index (χ1v) is 16.4. The zero-order valence-corrected chi connectivity index (χ0v) is 31.7. The Balaban J connectivity index is 0.000000283. The van der Waals surface area contributed by atoms with Gasteiger partial charge in [0.2, 0.25) is 5.95 Å². The molecule has 0 saturated carbocycles. The molecule has 0 bridgehead atoms. The molecule has 0 N–H and O–H groups in total. The summed E-state index contributed by atoms with van der Waals surface area (Å²) in [7, 11) is 0. The highest BCUT2D eigenvalue weighted by molar-refractivity contribution is 6.31. The van der Waals surface area contributed by atoms with Crippen LogP contribution in [0, 0.1) is 11.3 Å². The average Bonchev–Trinajstić information content (AvgIpc) is 3.81. The van der Waals surface area contributed by atoms with Gasteiger partial charge >= 0.3 is 0 Å². The second-order valence-electron chi connectivity index (χ2n) is 13.1. The molecule has 254 valence electrons. The zero-order valence-electron chi connectivity index (χ0n) is 30.9. The zero-order chi connectivity index (χ0) is 35.8. The molecule has 0 fully saturated rings. The molecular formula is C39H54ClFN6. The van der Waals surface area contributed by atoms with Gasteiger partial charge in [-0.05, 0) is 124 Å². The van der Waals surface area contributed by atoms with Crippen LogP contribution < -0.4 is 0 Å². The van der Waals surface area contributed by atoms with Crippen molar-refractivity contribution in [2.75, 3.05) is 0 Å². The van der Waals surface area contributed by atoms with E-state index in [1.165, 1.54) is 51.4 Å². The Morgan fingerprint density at radius 2 is 1.04 bits per heavy atom. The van der Waals surface area contributed by atoms with Crippen LogP contribution >= 0.6 is 11.6 Å². The molecule has 6 aliphatic rings. The summed E-state index contributed by atoms with van der Waals surface area (Å²) in [5.41, 5.74) is 16.1. The smallest absolute Gasteiger partial charge is 0.212 e. The maximum Gasteiger partial charge on any atom is 0.212 e. The van der Waals surface area contributed by atoms with Crippen molar-refractivity contribution in [3.8, 4) is 6.07 Å². The minimum Gasteiger partial charge on any atom is -0.266 e. The van der Waals surface area contributed by atoms with Crippen molar-refractivity contribution in [3.63, 3.8) is 0 Å². The number of nitriles is 1. The van der Waals surface area contributed by atoms with Gasteiger partial charge in [-0.25, -0.2) is 15.0 Å². The summed E-state index contributed by atoms with van der Waals surface area (Å²) in [5.74, 6) is -0.289. The van der Waals surface area contributed by atoms with E-state index < -0.39 is 0 Å². The molecule has 0 saturated heterocycles. The minimum atomic E-state index is -0.289. The van der Waals surface area contributed by atoms with E-state index >= 15 is 0 Å². The lowest BCUT2D eigenvalue weighted by Gasteiger charge is -1.87. The maximum atomic E-state index is 12.3. The van der Waals surface area contributed by atoms with Crippen molar-refractivity contribution < 1.29 is 4.39 Å². The van der Waals surface area contributed by atoms with Crippen LogP contribution in [-0.2, 0) is 0 Å². The molecule has 6 rings (SSSR count). The number of hydrogen-bond donors (Lipinski definition) is 0. The summed E-state index contributed by atoms with van der Waals surface area (Å²) in [6, 6.07) is 2.04. The van der Waals surface area contributed by atoms with Crippen molar-refractivity contribution in [1.29, 1.82) is 5.26 Å². The van der Waals surface area contributed by atoms with E-state index in [9.17, 15) is 4.39 Å². The summed E-state index contributed by atoms with van der Waals surface area (Å²) in [6.07, 6.45) is 12.2. The lowest BCUT2D eigenvalue weighted by molar-refractivity contribution is 0.622. The summed E-state index contributed by atoms with van der Waals surface area (Å²) in [5, 5.41) is 9.12. The normalized spacial score (nSPS) is 19.1. The lowest BCUT2D eigenvalue weighted by Crippen LogP contribution is -1.82. The van der Waals surface area contributed by atoms with Gasteiger partial charge in [-0.3, -0.25) is 9.98 Å². The van der Waals surface area contributed by atoms with Gasteiger partial charge in [0.1, 0.15) is 16.9 Å². The van der Waals surface area contributed by atoms with Gasteiger partial charge in [0.15, 0.2) is 0 Å². The van der Waals surface area contributed by atoms with E-state index in [4.69, 9.17) is 16.9 Å². The Bertz CT molecular complexity index is 1450. The van der Waals surface area contributed by atoms with Gasteiger partial charge < -0.3 is 0 Å². The van der Waals surface area contributed by atoms with Crippen molar-refractivity contribution in [1.82, 2.24) is 0 Å². The first kappa shape index (κ1) is 41.3. The topological polar surface area (TPSA) is 85.6 Å². The van der Waals surface area contributed by atoms with Gasteiger partial charge in [0.25, 0.3) is 0 Å². The first-order chi connectivity index (χ1) is 21.9. The van der Waals surface area contributed by atoms with E-state index in [0.717, 1.165) is 54.0 Å². The van der Waals surface area contributed by atoms with E-state index in [2.05, 4.69) is 78.7 Å². The van der Waals surface area contributed by atoms with Gasteiger partial charge in [-0.2, -0.15) is 9.65 Å². The second-order valence-corrected chi connectivity index (χ2v) is 13.4. The third kappa shape index (κ3) is 16.6. The fraction of sp³-hybridized carbons (Fsp3) is 0.487. The van der Waals surface area contributed by atoms with Crippen LogP contribution in [-0.4, -0.2) is 28.6 Å². The predicted molar refractivity (Wildman–Crippen MR) is 204 cm³/mol. The quantitative estimate of drug-likeness (QED) is 0.238. The Morgan fingerprint density at radius 3 is 1.19 bits per heavy atom. The standard InChI is InChI=1S/C7H8N2.C7H11N.C7H10.C6H8ClN.C6H8FN.C6H9N/c1-5-3-6(2)9-7(5)4-8;1-5-4-6(2)8-7(5)3;1-6-3-4-7(2)5-6;2*1-4-3-5(2)8-6(4)7;1-5-3-6(2)7-4-5/h3H2,1-2H3;4H2,1-3H3;3-4H,5H2,1-2H3;2*3H2,1-2H3;4H,3H2,1-2H3. The molecular weight excluding hydrogens is 607 g/mol. The molecule has 1 aliphatic carbocycles. The third-order valence-electron chi connectivity index (χ3n) is 7.41. The summed E-state index contributed by atoms with van der Waals surface area (Å²) in [4.78, 5) is 20.0. The molecule has 0 aromatic carbocycles. The predicted octanol–water partition coefficient (Wildman–Crippen LogP) is 12.2. The fourth-order valence-electron chi connectivity index (χ4n) is 4.92. The maximum absolute atomic E-state index is 12.3. The van der Waals surface area contributed by atoms with Crippen molar-refractivity contribution in [2.24, 2.45) is 25.0 Å². The highest BCUT2D eigenvalue weighted by Gasteiger charge is 2.10. The Kier molecular flexibility index (Phi) is 18.0. The van der Waals surface area contributed by atoms with E-state index in [1.807, 2.05) is 53.8 Å². The Morgan fingerprint density at radius 1 is 0.553 bits per heavy atom. The van der Waals surface area contributed by atoms with E-state index in [-0.39, 0.29) is 5.95 Å². The average molecular weight is 661 g/mol. The van der Waals surface area contributed by atoms with Gasteiger partial charge in [0, 0.05) is 72.6 Å². The molecule has 0 unspecified atom stereocenters. The molecule has 5 aliphatic heterocycles. The van der Waals surface area contributed by atoms with Gasteiger partial charge in [-0.15, -0.1) is 0 Å². The third-order valence-corrected chi connectivity index (χ3v) is 7.81. The van der Waals surface area contributed by atoms with E-state index in [0.29, 0.717) is 17.3 Å². The molecule has 0 spiro atoms. The minimum absolute atomic E-state index is 0.289. The second kappa shape index (κ2) is 20.5. The van der Waals surface area contributed by atoms with Crippen molar-refractivity contribution in [3.05, 3.63) is 79.9 Å². The summed E-state index contributed by atoms with van der Waals surface area (Å²) >= 11 is 5.65. The van der Waals surface area contributed by atoms with Crippen LogP contribution in [0.4, 0.5) is 4.39 Å². The first-order valence-electron chi connectivity index (χ1n) is 16.1. The number of nitrogens with zero attached hydrogens (tertiary/aromatic N) is 6. The van der Waals surface area contributed by atoms with Gasteiger partial charge in [0.05, 0.1) is 0 Å². The number of halogens is 2. The van der Waals surface area contributed by atoms with Crippen LogP contribution in [0.5, 0.6) is 0 Å². The molecule has 8 heteroatoms. The summed E-state index contributed by atoms with van der Waals surface area (Å²) in [6.45, 7) is 26.2. The highest BCUT2D eigenvalue weighted by atomic mass is 35.5. The Hall–Kier alpha value is -3.76. The number of hydrogen-bond acceptors (Lipinski definition) is 6. The SMILES string of the molecule is CC1=CC=C(C)C1.CC1=CN=C(C)C1.CC1=NC(C#N)=C(C)C1.CC1=NC(C)=C(C)C1.CC1=NC(Cl)=C(C)C1.CC1=NC(F)=C(C)C1. The van der Waals surface area contributed by atoms with Crippen molar-refractivity contribution in [2.45, 2.75) is 129 Å². The number of rotatable bonds is 0. The largest absolute Gasteiger partial charge is 0.266 e. The molecule has 5 heterocycles. The molecule has 0 radical (unpaired) electrons. The molecule has 47 heavy (non-hydrogen) atoms. The van der Waals surface area contributed by atoms with Crippen molar-refractivity contribution >= 4 is 40.2 Å². The van der Waals surface area contributed by atoms with Crippen LogP contribution in [0.2, 0.25) is 0 Å². The van der Waals surface area contributed by atoms with E-state index in [1.54, 1.807) is 6.92 Å². The van der Waals surface area contributed by atoms with Crippen LogP contribution in [0.25, 0.3) is 0 Å². The molecule has 0 aromatic rings. The van der Waals surface area contributed by atoms with Crippen LogP contribution in [0.1, 0.15) is 129 Å². The fourth-order valence-corrected chi connectivity index (χ4v) is 5.13. The lowest BCUT2D eigenvalue weighted by atomic mass is 10.2. The summed E-state index contributed by atoms with van der Waals surface area (Å²) < 4.78 is 12.3. The van der Waals surface area contributed by atoms with Crippen LogP contribution in [0.15, 0.2) is 105 Å². The Labute approximate surface area is 288 Å². The molecule has 0 amide bonds. The highest BCUT2D eigenvalue weighted by Crippen LogP contribution is 2.22.